The molecular formula is C14H13NO4S. The number of aliphatic carboxylic acids is 1. The second-order valence-electron chi connectivity index (χ2n) is 4.50. The molecule has 104 valence electrons. The van der Waals surface area contributed by atoms with Crippen LogP contribution in [0.1, 0.15) is 21.7 Å². The fraction of sp³-hybridized carbons (Fsp3) is 0.286. The van der Waals surface area contributed by atoms with Gasteiger partial charge < -0.3 is 14.6 Å². The quantitative estimate of drug-likeness (QED) is 0.941. The Labute approximate surface area is 119 Å². The van der Waals surface area contributed by atoms with Crippen molar-refractivity contribution >= 4 is 17.3 Å². The van der Waals surface area contributed by atoms with Crippen LogP contribution < -0.4 is 9.47 Å². The highest BCUT2D eigenvalue weighted by Crippen LogP contribution is 2.37. The first kappa shape index (κ1) is 12.9. The van der Waals surface area contributed by atoms with Gasteiger partial charge in [0, 0.05) is 4.88 Å². The third-order valence-electron chi connectivity index (χ3n) is 3.01. The molecule has 3 rings (SSSR count). The second kappa shape index (κ2) is 5.13. The summed E-state index contributed by atoms with van der Waals surface area (Å²) in [5, 5.41) is 9.62. The van der Waals surface area contributed by atoms with E-state index in [0.717, 1.165) is 21.3 Å². The summed E-state index contributed by atoms with van der Waals surface area (Å²) in [7, 11) is 0. The van der Waals surface area contributed by atoms with E-state index in [1.807, 2.05) is 31.2 Å². The van der Waals surface area contributed by atoms with E-state index in [9.17, 15) is 4.79 Å². The standard InChI is InChI=1S/C14H13NO4S/c1-8-12(6-13(16)17)20-14(15-8)11-7-18-9-4-2-3-5-10(9)19-11/h2-5,11H,6-7H2,1H3,(H,16,17). The molecule has 2 aromatic rings. The lowest BCUT2D eigenvalue weighted by Crippen LogP contribution is -2.21. The Morgan fingerprint density at radius 3 is 2.95 bits per heavy atom. The predicted octanol–water partition coefficient (Wildman–Crippen LogP) is 2.59. The van der Waals surface area contributed by atoms with Crippen LogP contribution in [-0.2, 0) is 11.2 Å². The molecule has 1 aliphatic heterocycles. The van der Waals surface area contributed by atoms with E-state index >= 15 is 0 Å². The number of ether oxygens (including phenoxy) is 2. The van der Waals surface area contributed by atoms with Crippen molar-refractivity contribution < 1.29 is 19.4 Å². The highest BCUT2D eigenvalue weighted by molar-refractivity contribution is 7.11. The average molecular weight is 291 g/mol. The Morgan fingerprint density at radius 1 is 1.45 bits per heavy atom. The summed E-state index contributed by atoms with van der Waals surface area (Å²) in [4.78, 5) is 16.0. The van der Waals surface area contributed by atoms with Crippen LogP contribution in [-0.4, -0.2) is 22.7 Å². The van der Waals surface area contributed by atoms with Crippen LogP contribution >= 0.6 is 11.3 Å². The van der Waals surface area contributed by atoms with E-state index in [1.165, 1.54) is 11.3 Å². The molecule has 1 aromatic heterocycles. The van der Waals surface area contributed by atoms with E-state index in [1.54, 1.807) is 0 Å². The van der Waals surface area contributed by atoms with Gasteiger partial charge in [-0.3, -0.25) is 4.79 Å². The number of aryl methyl sites for hydroxylation is 1. The molecule has 0 saturated carbocycles. The van der Waals surface area contributed by atoms with Gasteiger partial charge in [0.15, 0.2) is 17.6 Å². The number of carboxylic acid groups (broad SMARTS) is 1. The minimum Gasteiger partial charge on any atom is -0.485 e. The highest BCUT2D eigenvalue weighted by atomic mass is 32.1. The monoisotopic (exact) mass is 291 g/mol. The molecule has 0 fully saturated rings. The summed E-state index contributed by atoms with van der Waals surface area (Å²) < 4.78 is 11.5. The number of carbonyl (C=O) groups is 1. The van der Waals surface area contributed by atoms with Crippen LogP contribution in [0.3, 0.4) is 0 Å². The first-order valence-electron chi connectivity index (χ1n) is 6.20. The molecular weight excluding hydrogens is 278 g/mol. The second-order valence-corrected chi connectivity index (χ2v) is 5.61. The fourth-order valence-electron chi connectivity index (χ4n) is 2.03. The van der Waals surface area contributed by atoms with Gasteiger partial charge in [0.25, 0.3) is 0 Å². The van der Waals surface area contributed by atoms with E-state index < -0.39 is 5.97 Å². The number of fused-ring (bicyclic) bond motifs is 1. The Morgan fingerprint density at radius 2 is 2.20 bits per heavy atom. The molecule has 0 amide bonds. The third kappa shape index (κ3) is 2.46. The van der Waals surface area contributed by atoms with Crippen molar-refractivity contribution in [1.82, 2.24) is 4.98 Å². The number of thiazole rings is 1. The molecule has 0 bridgehead atoms. The van der Waals surface area contributed by atoms with Crippen LogP contribution in [0.15, 0.2) is 24.3 Å². The van der Waals surface area contributed by atoms with Crippen LogP contribution in [0, 0.1) is 6.92 Å². The summed E-state index contributed by atoms with van der Waals surface area (Å²) in [5.74, 6) is 0.564. The zero-order valence-electron chi connectivity index (χ0n) is 10.8. The fourth-order valence-corrected chi connectivity index (χ4v) is 3.10. The molecule has 2 heterocycles. The summed E-state index contributed by atoms with van der Waals surface area (Å²) in [6.07, 6.45) is -0.288. The molecule has 1 N–H and O–H groups in total. The van der Waals surface area contributed by atoms with Gasteiger partial charge in [-0.05, 0) is 19.1 Å². The van der Waals surface area contributed by atoms with Gasteiger partial charge in [-0.25, -0.2) is 4.98 Å². The van der Waals surface area contributed by atoms with E-state index in [4.69, 9.17) is 14.6 Å². The van der Waals surface area contributed by atoms with Gasteiger partial charge in [-0.1, -0.05) is 12.1 Å². The zero-order valence-corrected chi connectivity index (χ0v) is 11.6. The summed E-state index contributed by atoms with van der Waals surface area (Å²) in [5.41, 5.74) is 0.745. The first-order valence-corrected chi connectivity index (χ1v) is 7.01. The first-order chi connectivity index (χ1) is 9.63. The molecule has 0 aliphatic carbocycles. The molecule has 0 radical (unpaired) electrons. The number of hydrogen-bond donors (Lipinski definition) is 1. The topological polar surface area (TPSA) is 68.7 Å². The van der Waals surface area contributed by atoms with Crippen molar-refractivity contribution in [2.24, 2.45) is 0 Å². The zero-order chi connectivity index (χ0) is 14.1. The number of aromatic nitrogens is 1. The molecule has 6 heteroatoms. The molecule has 1 aromatic carbocycles. The molecule has 5 nitrogen and oxygen atoms in total. The number of carboxylic acids is 1. The Kier molecular flexibility index (Phi) is 3.31. The van der Waals surface area contributed by atoms with Gasteiger partial charge in [-0.2, -0.15) is 0 Å². The van der Waals surface area contributed by atoms with Crippen LogP contribution in [0.5, 0.6) is 11.5 Å². The number of nitrogens with zero attached hydrogens (tertiary/aromatic N) is 1. The normalized spacial score (nSPS) is 16.9. The average Bonchev–Trinajstić information content (AvgIpc) is 2.79. The van der Waals surface area contributed by atoms with Crippen molar-refractivity contribution in [1.29, 1.82) is 0 Å². The lowest BCUT2D eigenvalue weighted by molar-refractivity contribution is -0.136. The van der Waals surface area contributed by atoms with Crippen molar-refractivity contribution in [2.75, 3.05) is 6.61 Å². The Balaban J connectivity index is 1.83. The smallest absolute Gasteiger partial charge is 0.308 e. The van der Waals surface area contributed by atoms with Crippen LogP contribution in [0.4, 0.5) is 0 Å². The Hall–Kier alpha value is -2.08. The van der Waals surface area contributed by atoms with Crippen LogP contribution in [0.2, 0.25) is 0 Å². The minimum atomic E-state index is -0.852. The van der Waals surface area contributed by atoms with Gasteiger partial charge in [0.2, 0.25) is 0 Å². The SMILES string of the molecule is Cc1nc(C2COc3ccccc3O2)sc1CC(=O)O. The van der Waals surface area contributed by atoms with Crippen LogP contribution in [0.25, 0.3) is 0 Å². The summed E-state index contributed by atoms with van der Waals surface area (Å²) in [6.45, 7) is 2.20. The predicted molar refractivity (Wildman–Crippen MR) is 73.5 cm³/mol. The maximum absolute atomic E-state index is 10.8. The van der Waals surface area contributed by atoms with Crippen molar-refractivity contribution in [3.8, 4) is 11.5 Å². The van der Waals surface area contributed by atoms with E-state index in [2.05, 4.69) is 4.98 Å². The van der Waals surface area contributed by atoms with Crippen molar-refractivity contribution in [2.45, 2.75) is 19.4 Å². The molecule has 20 heavy (non-hydrogen) atoms. The molecule has 1 atom stereocenters. The highest BCUT2D eigenvalue weighted by Gasteiger charge is 2.26. The van der Waals surface area contributed by atoms with Gasteiger partial charge >= 0.3 is 5.97 Å². The third-order valence-corrected chi connectivity index (χ3v) is 4.25. The number of rotatable bonds is 3. The maximum atomic E-state index is 10.8. The van der Waals surface area contributed by atoms with E-state index in [0.29, 0.717) is 12.4 Å². The molecule has 0 spiro atoms. The summed E-state index contributed by atoms with van der Waals surface area (Å²) in [6, 6.07) is 7.48. The number of para-hydroxylation sites is 2. The largest absolute Gasteiger partial charge is 0.485 e. The Bertz CT molecular complexity index is 652. The molecule has 1 aliphatic rings. The van der Waals surface area contributed by atoms with Gasteiger partial charge in [0.1, 0.15) is 11.6 Å². The minimum absolute atomic E-state index is 0.00629. The molecule has 0 saturated heterocycles. The van der Waals surface area contributed by atoms with Crippen molar-refractivity contribution in [3.05, 3.63) is 39.8 Å². The molecule has 1 unspecified atom stereocenters. The number of hydrogen-bond acceptors (Lipinski definition) is 5. The van der Waals surface area contributed by atoms with Gasteiger partial charge in [0.05, 0.1) is 12.1 Å². The maximum Gasteiger partial charge on any atom is 0.308 e. The summed E-state index contributed by atoms with van der Waals surface area (Å²) >= 11 is 1.37. The van der Waals surface area contributed by atoms with E-state index in [-0.39, 0.29) is 12.5 Å². The lowest BCUT2D eigenvalue weighted by Gasteiger charge is -2.24. The number of benzene rings is 1. The lowest BCUT2D eigenvalue weighted by atomic mass is 10.2. The van der Waals surface area contributed by atoms with Gasteiger partial charge in [-0.15, -0.1) is 11.3 Å². The van der Waals surface area contributed by atoms with Crippen molar-refractivity contribution in [3.63, 3.8) is 0 Å².